The van der Waals surface area contributed by atoms with Gasteiger partial charge in [-0.05, 0) is 31.0 Å². The fourth-order valence-electron chi connectivity index (χ4n) is 3.84. The summed E-state index contributed by atoms with van der Waals surface area (Å²) in [5.41, 5.74) is 0.995. The van der Waals surface area contributed by atoms with E-state index in [1.54, 1.807) is 30.5 Å². The minimum Gasteiger partial charge on any atom is -0.366 e. The summed E-state index contributed by atoms with van der Waals surface area (Å²) in [5.74, 6) is 1.55. The minimum atomic E-state index is -2.64. The van der Waals surface area contributed by atoms with Gasteiger partial charge < -0.3 is 19.9 Å². The Hall–Kier alpha value is -4.11. The number of piperidine rings is 1. The fourth-order valence-corrected chi connectivity index (χ4v) is 3.99. The van der Waals surface area contributed by atoms with Crippen LogP contribution in [0.15, 0.2) is 42.9 Å². The summed E-state index contributed by atoms with van der Waals surface area (Å²) < 4.78 is 27.4. The van der Waals surface area contributed by atoms with Crippen LogP contribution in [-0.2, 0) is 0 Å². The average molecular weight is 497 g/mol. The Balaban J connectivity index is 1.23. The van der Waals surface area contributed by atoms with Crippen LogP contribution in [0.25, 0.3) is 5.65 Å². The highest BCUT2D eigenvalue weighted by Gasteiger charge is 2.22. The van der Waals surface area contributed by atoms with E-state index < -0.39 is 6.43 Å². The third kappa shape index (κ3) is 5.04. The van der Waals surface area contributed by atoms with Gasteiger partial charge in [0, 0.05) is 43.3 Å². The van der Waals surface area contributed by atoms with Crippen LogP contribution in [0.4, 0.5) is 32.1 Å². The summed E-state index contributed by atoms with van der Waals surface area (Å²) in [6.45, 7) is 1.52. The second kappa shape index (κ2) is 9.63. The van der Waals surface area contributed by atoms with E-state index in [0.29, 0.717) is 28.1 Å². The molecule has 0 unspecified atom stereocenters. The molecule has 1 aliphatic rings. The van der Waals surface area contributed by atoms with Crippen LogP contribution in [0.3, 0.4) is 0 Å². The van der Waals surface area contributed by atoms with E-state index in [4.69, 9.17) is 16.9 Å². The number of halogens is 3. The van der Waals surface area contributed by atoms with Crippen molar-refractivity contribution < 1.29 is 8.78 Å². The monoisotopic (exact) mass is 496 g/mol. The summed E-state index contributed by atoms with van der Waals surface area (Å²) in [6.07, 6.45) is 3.45. The maximum Gasteiger partial charge on any atom is 0.281 e. The van der Waals surface area contributed by atoms with Crippen molar-refractivity contribution in [3.63, 3.8) is 0 Å². The van der Waals surface area contributed by atoms with Crippen molar-refractivity contribution in [3.8, 4) is 6.07 Å². The molecule has 1 fully saturated rings. The highest BCUT2D eigenvalue weighted by molar-refractivity contribution is 6.32. The second-order valence-electron chi connectivity index (χ2n) is 7.96. The number of hydrogen-bond acceptors (Lipinski definition) is 9. The van der Waals surface area contributed by atoms with Crippen molar-refractivity contribution in [2.45, 2.75) is 25.3 Å². The predicted octanol–water partition coefficient (Wildman–Crippen LogP) is 4.20. The largest absolute Gasteiger partial charge is 0.366 e. The van der Waals surface area contributed by atoms with Gasteiger partial charge in [0.2, 0.25) is 5.95 Å². The van der Waals surface area contributed by atoms with E-state index in [1.165, 1.54) is 16.8 Å². The van der Waals surface area contributed by atoms with Gasteiger partial charge in [0.15, 0.2) is 17.3 Å². The molecule has 178 valence electrons. The third-order valence-corrected chi connectivity index (χ3v) is 5.90. The number of anilines is 4. The lowest BCUT2D eigenvalue weighted by Crippen LogP contribution is -2.39. The highest BCUT2D eigenvalue weighted by atomic mass is 35.5. The number of rotatable bonds is 6. The van der Waals surface area contributed by atoms with Crippen LogP contribution in [0.5, 0.6) is 0 Å². The number of fused-ring (bicyclic) bond motifs is 1. The highest BCUT2D eigenvalue weighted by Crippen LogP contribution is 2.26. The zero-order valence-corrected chi connectivity index (χ0v) is 19.0. The molecule has 5 heterocycles. The third-order valence-electron chi connectivity index (χ3n) is 5.63. The molecule has 1 saturated heterocycles. The number of alkyl halides is 2. The molecule has 2 N–H and O–H groups in total. The van der Waals surface area contributed by atoms with E-state index in [1.807, 2.05) is 6.07 Å². The Kier molecular flexibility index (Phi) is 6.24. The van der Waals surface area contributed by atoms with Gasteiger partial charge in [-0.3, -0.25) is 0 Å². The number of aromatic nitrogens is 6. The van der Waals surface area contributed by atoms with E-state index in [-0.39, 0.29) is 17.4 Å². The zero-order chi connectivity index (χ0) is 24.4. The van der Waals surface area contributed by atoms with E-state index in [9.17, 15) is 8.78 Å². The Bertz CT molecular complexity index is 1380. The van der Waals surface area contributed by atoms with Gasteiger partial charge in [0.25, 0.3) is 6.43 Å². The van der Waals surface area contributed by atoms with Crippen LogP contribution in [0, 0.1) is 11.3 Å². The molecule has 13 heteroatoms. The van der Waals surface area contributed by atoms with Crippen molar-refractivity contribution >= 4 is 40.5 Å². The normalized spacial score (nSPS) is 14.3. The lowest BCUT2D eigenvalue weighted by atomic mass is 10.1. The molecule has 0 amide bonds. The Morgan fingerprint density at radius 1 is 1.14 bits per heavy atom. The summed E-state index contributed by atoms with van der Waals surface area (Å²) in [7, 11) is 0. The van der Waals surface area contributed by atoms with Gasteiger partial charge in [0.1, 0.15) is 22.4 Å². The number of nitrogens with one attached hydrogen (secondary N) is 2. The van der Waals surface area contributed by atoms with Gasteiger partial charge in [0.05, 0.1) is 6.20 Å². The Morgan fingerprint density at radius 2 is 1.97 bits per heavy atom. The van der Waals surface area contributed by atoms with Crippen LogP contribution >= 0.6 is 11.6 Å². The molecular formula is C22H19ClF2N10. The van der Waals surface area contributed by atoms with Crippen LogP contribution in [-0.4, -0.2) is 48.7 Å². The molecule has 0 bridgehead atoms. The first-order valence-corrected chi connectivity index (χ1v) is 11.2. The molecule has 0 atom stereocenters. The first kappa shape index (κ1) is 22.7. The number of pyridine rings is 1. The molecule has 1 aliphatic heterocycles. The fraction of sp³-hybridized carbons (Fsp3) is 0.273. The minimum absolute atomic E-state index is 0.145. The van der Waals surface area contributed by atoms with Crippen molar-refractivity contribution in [1.82, 2.24) is 29.5 Å². The maximum absolute atomic E-state index is 12.9. The molecular weight excluding hydrogens is 478 g/mol. The summed E-state index contributed by atoms with van der Waals surface area (Å²) in [4.78, 5) is 14.8. The topological polar surface area (TPSA) is 120 Å². The molecule has 0 aliphatic carbocycles. The first-order chi connectivity index (χ1) is 17.0. The first-order valence-electron chi connectivity index (χ1n) is 10.8. The van der Waals surface area contributed by atoms with Gasteiger partial charge in [-0.1, -0.05) is 11.6 Å². The molecule has 5 rings (SSSR count). The van der Waals surface area contributed by atoms with Crippen molar-refractivity contribution in [2.75, 3.05) is 28.6 Å². The summed E-state index contributed by atoms with van der Waals surface area (Å²) >= 11 is 6.33. The molecule has 0 saturated carbocycles. The number of hydrogen-bond donors (Lipinski definition) is 2. The van der Waals surface area contributed by atoms with E-state index in [0.717, 1.165) is 31.7 Å². The van der Waals surface area contributed by atoms with Crippen LogP contribution in [0.1, 0.15) is 30.7 Å². The van der Waals surface area contributed by atoms with Gasteiger partial charge in [-0.15, -0.1) is 10.2 Å². The predicted molar refractivity (Wildman–Crippen MR) is 126 cm³/mol. The lowest BCUT2D eigenvalue weighted by Gasteiger charge is -2.33. The molecule has 10 nitrogen and oxygen atoms in total. The summed E-state index contributed by atoms with van der Waals surface area (Å²) in [6, 6.07) is 8.92. The van der Waals surface area contributed by atoms with Gasteiger partial charge in [-0.25, -0.2) is 18.7 Å². The molecule has 35 heavy (non-hydrogen) atoms. The quantitative estimate of drug-likeness (QED) is 0.404. The molecule has 0 radical (unpaired) electrons. The van der Waals surface area contributed by atoms with Crippen molar-refractivity contribution in [1.29, 1.82) is 5.26 Å². The van der Waals surface area contributed by atoms with Crippen molar-refractivity contribution in [3.05, 3.63) is 59.3 Å². The molecule has 0 aromatic carbocycles. The van der Waals surface area contributed by atoms with Gasteiger partial charge in [-0.2, -0.15) is 10.2 Å². The van der Waals surface area contributed by atoms with E-state index in [2.05, 4.69) is 40.7 Å². The van der Waals surface area contributed by atoms with E-state index >= 15 is 0 Å². The number of nitrogens with zero attached hydrogens (tertiary/aromatic N) is 8. The molecule has 4 aromatic heterocycles. The molecule has 4 aromatic rings. The van der Waals surface area contributed by atoms with Gasteiger partial charge >= 0.3 is 0 Å². The SMILES string of the molecule is N#Cc1ccc(N2CCC(Nc3nc(Nc4ccn5cc(C(F)F)nc5c4)ncc3Cl)CC2)nn1. The van der Waals surface area contributed by atoms with Crippen LogP contribution in [0.2, 0.25) is 5.02 Å². The summed E-state index contributed by atoms with van der Waals surface area (Å²) in [5, 5.41) is 23.7. The standard InChI is InChI=1S/C22H19ClF2N10/c23-16-11-27-22(29-14-5-8-35-12-17(20(24)25)30-19(35)9-14)31-21(16)28-13-3-6-34(7-4-13)18-2-1-15(10-26)32-33-18/h1-2,5,8-9,11-13,20H,3-4,6-7H2,(H2,27,28,29,31). The van der Waals surface area contributed by atoms with Crippen molar-refractivity contribution in [2.24, 2.45) is 0 Å². The Labute approximate surface area is 203 Å². The van der Waals surface area contributed by atoms with Crippen LogP contribution < -0.4 is 15.5 Å². The number of nitriles is 1. The average Bonchev–Trinajstić information content (AvgIpc) is 3.31. The molecule has 0 spiro atoms. The lowest BCUT2D eigenvalue weighted by molar-refractivity contribution is 0.147. The Morgan fingerprint density at radius 3 is 2.69 bits per heavy atom. The number of imidazole rings is 1. The maximum atomic E-state index is 12.9. The smallest absolute Gasteiger partial charge is 0.281 e. The second-order valence-corrected chi connectivity index (χ2v) is 8.36. The zero-order valence-electron chi connectivity index (χ0n) is 18.2.